The first-order chi connectivity index (χ1) is 9.26. The van der Waals surface area contributed by atoms with Crippen molar-refractivity contribution in [1.82, 2.24) is 5.32 Å². The lowest BCUT2D eigenvalue weighted by molar-refractivity contribution is 0.320. The van der Waals surface area contributed by atoms with Gasteiger partial charge in [0.1, 0.15) is 0 Å². The molecular formula is C15H23NO3. The Morgan fingerprint density at radius 3 is 2.47 bits per heavy atom. The van der Waals surface area contributed by atoms with Crippen LogP contribution in [0.2, 0.25) is 0 Å². The van der Waals surface area contributed by atoms with E-state index in [1.54, 1.807) is 21.3 Å². The molecule has 4 heteroatoms. The van der Waals surface area contributed by atoms with Gasteiger partial charge in [-0.2, -0.15) is 0 Å². The van der Waals surface area contributed by atoms with Crippen LogP contribution in [0.25, 0.3) is 0 Å². The second-order valence-electron chi connectivity index (χ2n) is 4.76. The minimum Gasteiger partial charge on any atom is -0.493 e. The van der Waals surface area contributed by atoms with Gasteiger partial charge in [-0.05, 0) is 37.4 Å². The summed E-state index contributed by atoms with van der Waals surface area (Å²) in [7, 11) is 4.99. The Balaban J connectivity index is 2.45. The molecule has 0 heterocycles. The van der Waals surface area contributed by atoms with Crippen molar-refractivity contribution in [1.29, 1.82) is 0 Å². The Labute approximate surface area is 115 Å². The second kappa shape index (κ2) is 6.15. The van der Waals surface area contributed by atoms with E-state index in [4.69, 9.17) is 14.2 Å². The van der Waals surface area contributed by atoms with E-state index in [-0.39, 0.29) is 0 Å². The Morgan fingerprint density at radius 1 is 1.16 bits per heavy atom. The summed E-state index contributed by atoms with van der Waals surface area (Å²) in [5, 5.41) is 3.57. The zero-order valence-electron chi connectivity index (χ0n) is 12.2. The van der Waals surface area contributed by atoms with Crippen LogP contribution in [0.3, 0.4) is 0 Å². The maximum Gasteiger partial charge on any atom is 0.203 e. The van der Waals surface area contributed by atoms with Crippen molar-refractivity contribution in [3.05, 3.63) is 17.2 Å². The van der Waals surface area contributed by atoms with E-state index in [1.165, 1.54) is 11.1 Å². The van der Waals surface area contributed by atoms with Gasteiger partial charge in [-0.1, -0.05) is 6.92 Å². The van der Waals surface area contributed by atoms with Gasteiger partial charge in [-0.3, -0.25) is 0 Å². The van der Waals surface area contributed by atoms with Gasteiger partial charge in [0.15, 0.2) is 11.5 Å². The van der Waals surface area contributed by atoms with Crippen molar-refractivity contribution < 1.29 is 14.2 Å². The van der Waals surface area contributed by atoms with Crippen molar-refractivity contribution in [2.45, 2.75) is 32.2 Å². The molecule has 1 unspecified atom stereocenters. The number of aryl methyl sites for hydroxylation is 1. The standard InChI is InChI=1S/C15H23NO3/c1-5-8-16-11-7-6-10-9-12(17-2)14(18-3)15(19-4)13(10)11/h9,11,16H,5-8H2,1-4H3. The van der Waals surface area contributed by atoms with E-state index in [9.17, 15) is 0 Å². The molecule has 2 rings (SSSR count). The minimum atomic E-state index is 0.352. The van der Waals surface area contributed by atoms with Crippen molar-refractivity contribution >= 4 is 0 Å². The van der Waals surface area contributed by atoms with Crippen LogP contribution < -0.4 is 19.5 Å². The molecule has 0 aromatic heterocycles. The van der Waals surface area contributed by atoms with Gasteiger partial charge in [0, 0.05) is 11.6 Å². The predicted molar refractivity (Wildman–Crippen MR) is 75.5 cm³/mol. The molecule has 1 N–H and O–H groups in total. The molecular weight excluding hydrogens is 242 g/mol. The topological polar surface area (TPSA) is 39.7 Å². The summed E-state index contributed by atoms with van der Waals surface area (Å²) in [4.78, 5) is 0. The largest absolute Gasteiger partial charge is 0.493 e. The zero-order valence-corrected chi connectivity index (χ0v) is 12.2. The van der Waals surface area contributed by atoms with Gasteiger partial charge in [-0.25, -0.2) is 0 Å². The first-order valence-corrected chi connectivity index (χ1v) is 6.81. The van der Waals surface area contributed by atoms with Crippen LogP contribution in [-0.4, -0.2) is 27.9 Å². The van der Waals surface area contributed by atoms with Gasteiger partial charge in [0.2, 0.25) is 5.75 Å². The second-order valence-corrected chi connectivity index (χ2v) is 4.76. The van der Waals surface area contributed by atoms with Gasteiger partial charge >= 0.3 is 0 Å². The van der Waals surface area contributed by atoms with Crippen LogP contribution in [0.1, 0.15) is 36.9 Å². The highest BCUT2D eigenvalue weighted by molar-refractivity contribution is 5.61. The van der Waals surface area contributed by atoms with E-state index >= 15 is 0 Å². The smallest absolute Gasteiger partial charge is 0.203 e. The molecule has 0 amide bonds. The lowest BCUT2D eigenvalue weighted by atomic mass is 10.0. The third-order valence-corrected chi connectivity index (χ3v) is 3.65. The number of hydrogen-bond acceptors (Lipinski definition) is 4. The Hall–Kier alpha value is -1.42. The summed E-state index contributed by atoms with van der Waals surface area (Å²) in [5.74, 6) is 2.24. The molecule has 0 spiro atoms. The van der Waals surface area contributed by atoms with Crippen LogP contribution >= 0.6 is 0 Å². The third kappa shape index (κ3) is 2.50. The SMILES string of the molecule is CCCNC1CCc2cc(OC)c(OC)c(OC)c21. The number of nitrogens with one attached hydrogen (secondary N) is 1. The van der Waals surface area contributed by atoms with Gasteiger partial charge in [0.25, 0.3) is 0 Å². The highest BCUT2D eigenvalue weighted by Gasteiger charge is 2.30. The maximum absolute atomic E-state index is 5.59. The molecule has 106 valence electrons. The number of methoxy groups -OCH3 is 3. The van der Waals surface area contributed by atoms with E-state index in [0.717, 1.165) is 37.3 Å². The summed E-state index contributed by atoms with van der Waals surface area (Å²) in [6.45, 7) is 3.19. The monoisotopic (exact) mass is 265 g/mol. The maximum atomic E-state index is 5.59. The molecule has 0 fully saturated rings. The quantitative estimate of drug-likeness (QED) is 0.858. The molecule has 0 saturated heterocycles. The van der Waals surface area contributed by atoms with E-state index in [1.807, 2.05) is 0 Å². The molecule has 0 bridgehead atoms. The van der Waals surface area contributed by atoms with Gasteiger partial charge in [0.05, 0.1) is 21.3 Å². The summed E-state index contributed by atoms with van der Waals surface area (Å²) >= 11 is 0. The number of benzene rings is 1. The highest BCUT2D eigenvalue weighted by Crippen LogP contribution is 2.48. The highest BCUT2D eigenvalue weighted by atomic mass is 16.5. The first kappa shape index (κ1) is 14.0. The lowest BCUT2D eigenvalue weighted by Gasteiger charge is -2.20. The molecule has 0 radical (unpaired) electrons. The molecule has 1 aliphatic rings. The van der Waals surface area contributed by atoms with E-state index in [2.05, 4.69) is 18.3 Å². The van der Waals surface area contributed by atoms with E-state index in [0.29, 0.717) is 11.8 Å². The lowest BCUT2D eigenvalue weighted by Crippen LogP contribution is -2.20. The first-order valence-electron chi connectivity index (χ1n) is 6.81. The number of fused-ring (bicyclic) bond motifs is 1. The predicted octanol–water partition coefficient (Wildman–Crippen LogP) is 2.70. The van der Waals surface area contributed by atoms with Gasteiger partial charge < -0.3 is 19.5 Å². The van der Waals surface area contributed by atoms with Crippen LogP contribution in [-0.2, 0) is 6.42 Å². The fourth-order valence-corrected chi connectivity index (χ4v) is 2.78. The van der Waals surface area contributed by atoms with Crippen molar-refractivity contribution in [3.8, 4) is 17.2 Å². The van der Waals surface area contributed by atoms with Crippen LogP contribution in [0, 0.1) is 0 Å². The summed E-state index contributed by atoms with van der Waals surface area (Å²) < 4.78 is 16.4. The molecule has 1 aliphatic carbocycles. The van der Waals surface area contributed by atoms with Gasteiger partial charge in [-0.15, -0.1) is 0 Å². The summed E-state index contributed by atoms with van der Waals surface area (Å²) in [6.07, 6.45) is 3.27. The van der Waals surface area contributed by atoms with Crippen molar-refractivity contribution in [3.63, 3.8) is 0 Å². The normalized spacial score (nSPS) is 17.2. The average molecular weight is 265 g/mol. The Bertz CT molecular complexity index is 446. The number of rotatable bonds is 6. The summed E-state index contributed by atoms with van der Waals surface area (Å²) in [6, 6.07) is 2.43. The molecule has 0 aliphatic heterocycles. The molecule has 1 aromatic rings. The molecule has 19 heavy (non-hydrogen) atoms. The fourth-order valence-electron chi connectivity index (χ4n) is 2.78. The molecule has 1 atom stereocenters. The average Bonchev–Trinajstić information content (AvgIpc) is 2.85. The Morgan fingerprint density at radius 2 is 1.89 bits per heavy atom. The molecule has 1 aromatic carbocycles. The van der Waals surface area contributed by atoms with Crippen LogP contribution in [0.4, 0.5) is 0 Å². The molecule has 0 saturated carbocycles. The van der Waals surface area contributed by atoms with Crippen LogP contribution in [0.5, 0.6) is 17.2 Å². The van der Waals surface area contributed by atoms with Crippen molar-refractivity contribution in [2.75, 3.05) is 27.9 Å². The van der Waals surface area contributed by atoms with Crippen LogP contribution in [0.15, 0.2) is 6.07 Å². The minimum absolute atomic E-state index is 0.352. The number of hydrogen-bond donors (Lipinski definition) is 1. The van der Waals surface area contributed by atoms with Crippen molar-refractivity contribution in [2.24, 2.45) is 0 Å². The molecule has 4 nitrogen and oxygen atoms in total. The fraction of sp³-hybridized carbons (Fsp3) is 0.600. The zero-order chi connectivity index (χ0) is 13.8. The summed E-state index contributed by atoms with van der Waals surface area (Å²) in [5.41, 5.74) is 2.52. The Kier molecular flexibility index (Phi) is 4.53. The third-order valence-electron chi connectivity index (χ3n) is 3.65. The number of ether oxygens (including phenoxy) is 3. The van der Waals surface area contributed by atoms with E-state index < -0.39 is 0 Å².